The van der Waals surface area contributed by atoms with Gasteiger partial charge in [-0.25, -0.2) is 0 Å². The van der Waals surface area contributed by atoms with Crippen LogP contribution >= 0.6 is 0 Å². The van der Waals surface area contributed by atoms with E-state index in [1.807, 2.05) is 0 Å². The van der Waals surface area contributed by atoms with Crippen LogP contribution in [0.2, 0.25) is 0 Å². The zero-order valence-corrected chi connectivity index (χ0v) is 21.1. The third-order valence-corrected chi connectivity index (χ3v) is 8.65. The van der Waals surface area contributed by atoms with E-state index in [4.69, 9.17) is 0 Å². The highest BCUT2D eigenvalue weighted by Gasteiger charge is 2.30. The van der Waals surface area contributed by atoms with Crippen molar-refractivity contribution in [2.24, 2.45) is 17.8 Å². The lowest BCUT2D eigenvalue weighted by molar-refractivity contribution is 0.131. The summed E-state index contributed by atoms with van der Waals surface area (Å²) in [5.41, 5.74) is 0. The summed E-state index contributed by atoms with van der Waals surface area (Å²) < 4.78 is 0. The molecule has 2 fully saturated rings. The fraction of sp³-hybridized carbons (Fsp3) is 1.00. The monoisotopic (exact) mass is 418 g/mol. The fourth-order valence-electron chi connectivity index (χ4n) is 6.73. The molecule has 0 amide bonds. The first kappa shape index (κ1) is 26.3. The molecular formula is C30H58. The van der Waals surface area contributed by atoms with Crippen molar-refractivity contribution >= 4 is 0 Å². The molecule has 2 aliphatic rings. The Hall–Kier alpha value is 0. The lowest BCUT2D eigenvalue weighted by atomic mass is 9.68. The van der Waals surface area contributed by atoms with Crippen LogP contribution in [-0.4, -0.2) is 0 Å². The van der Waals surface area contributed by atoms with Crippen molar-refractivity contribution in [1.82, 2.24) is 0 Å². The first-order valence-corrected chi connectivity index (χ1v) is 14.9. The molecule has 0 aromatic rings. The maximum Gasteiger partial charge on any atom is -0.0357 e. The summed E-state index contributed by atoms with van der Waals surface area (Å²) in [6, 6.07) is 0. The van der Waals surface area contributed by atoms with E-state index in [1.165, 1.54) is 135 Å². The molecule has 0 aromatic carbocycles. The van der Waals surface area contributed by atoms with Crippen molar-refractivity contribution in [1.29, 1.82) is 0 Å². The minimum absolute atomic E-state index is 1.10. The van der Waals surface area contributed by atoms with E-state index in [-0.39, 0.29) is 0 Å². The van der Waals surface area contributed by atoms with E-state index in [0.717, 1.165) is 17.8 Å². The first-order valence-electron chi connectivity index (χ1n) is 14.9. The molecule has 0 bridgehead atoms. The van der Waals surface area contributed by atoms with Crippen LogP contribution < -0.4 is 0 Å². The van der Waals surface area contributed by atoms with Crippen molar-refractivity contribution < 1.29 is 0 Å². The summed E-state index contributed by atoms with van der Waals surface area (Å²) in [7, 11) is 0. The van der Waals surface area contributed by atoms with E-state index >= 15 is 0 Å². The Kier molecular flexibility index (Phi) is 16.2. The van der Waals surface area contributed by atoms with Crippen molar-refractivity contribution in [3.05, 3.63) is 0 Å². The molecule has 0 heteroatoms. The van der Waals surface area contributed by atoms with Gasteiger partial charge in [0.05, 0.1) is 0 Å². The summed E-state index contributed by atoms with van der Waals surface area (Å²) >= 11 is 0. The number of unbranched alkanes of at least 4 members (excludes halogenated alkanes) is 14. The van der Waals surface area contributed by atoms with E-state index in [0.29, 0.717) is 0 Å². The number of rotatable bonds is 18. The minimum atomic E-state index is 1.10. The standard InChI is InChI=1S/C30H58/c1-2-3-4-5-6-7-8-9-10-11-12-13-14-15-22-27-30(28-23-18-16-19-24-28)29-25-20-17-21-26-29/h28-30H,2-27H2,1H3. The zero-order valence-electron chi connectivity index (χ0n) is 21.1. The van der Waals surface area contributed by atoms with Gasteiger partial charge in [0.2, 0.25) is 0 Å². The summed E-state index contributed by atoms with van der Waals surface area (Å²) in [5, 5.41) is 0. The van der Waals surface area contributed by atoms with Crippen LogP contribution in [0.15, 0.2) is 0 Å². The molecule has 0 radical (unpaired) electrons. The molecule has 2 saturated carbocycles. The Bertz CT molecular complexity index is 329. The second-order valence-electron chi connectivity index (χ2n) is 11.2. The molecule has 178 valence electrons. The second kappa shape index (κ2) is 18.6. The second-order valence-corrected chi connectivity index (χ2v) is 11.2. The molecule has 30 heavy (non-hydrogen) atoms. The van der Waals surface area contributed by atoms with Gasteiger partial charge in [-0.05, 0) is 24.2 Å². The van der Waals surface area contributed by atoms with E-state index in [2.05, 4.69) is 6.92 Å². The summed E-state index contributed by atoms with van der Waals surface area (Å²) in [6.45, 7) is 2.31. The maximum absolute atomic E-state index is 2.31. The summed E-state index contributed by atoms with van der Waals surface area (Å²) in [5.74, 6) is 3.31. The highest BCUT2D eigenvalue weighted by atomic mass is 14.4. The number of hydrogen-bond acceptors (Lipinski definition) is 0. The molecule has 0 saturated heterocycles. The normalized spacial score (nSPS) is 19.0. The van der Waals surface area contributed by atoms with Crippen molar-refractivity contribution in [2.45, 2.75) is 174 Å². The van der Waals surface area contributed by atoms with Gasteiger partial charge in [0.1, 0.15) is 0 Å². The van der Waals surface area contributed by atoms with E-state index < -0.39 is 0 Å². The molecular weight excluding hydrogens is 360 g/mol. The van der Waals surface area contributed by atoms with Crippen LogP contribution in [0.1, 0.15) is 174 Å². The van der Waals surface area contributed by atoms with Crippen LogP contribution in [0, 0.1) is 17.8 Å². The smallest absolute Gasteiger partial charge is 0.0357 e. The van der Waals surface area contributed by atoms with E-state index in [1.54, 1.807) is 32.1 Å². The van der Waals surface area contributed by atoms with Gasteiger partial charge in [0, 0.05) is 0 Å². The lowest BCUT2D eigenvalue weighted by Crippen LogP contribution is -2.27. The summed E-state index contributed by atoms with van der Waals surface area (Å²) in [6.07, 6.45) is 39.4. The highest BCUT2D eigenvalue weighted by Crippen LogP contribution is 2.42. The van der Waals surface area contributed by atoms with Crippen LogP contribution in [0.5, 0.6) is 0 Å². The molecule has 2 aliphatic carbocycles. The largest absolute Gasteiger partial charge is 0.0654 e. The van der Waals surface area contributed by atoms with Gasteiger partial charge in [0.25, 0.3) is 0 Å². The SMILES string of the molecule is CCCCCCCCCCCCCCCCCC(C1CCCCC1)C1CCCCC1. The third-order valence-electron chi connectivity index (χ3n) is 8.65. The van der Waals surface area contributed by atoms with Crippen LogP contribution in [-0.2, 0) is 0 Å². The molecule has 0 aromatic heterocycles. The molecule has 0 unspecified atom stereocenters. The van der Waals surface area contributed by atoms with Gasteiger partial charge in [-0.1, -0.05) is 167 Å². The molecule has 0 aliphatic heterocycles. The Morgan fingerprint density at radius 1 is 0.433 bits per heavy atom. The molecule has 0 atom stereocenters. The van der Waals surface area contributed by atoms with Crippen LogP contribution in [0.4, 0.5) is 0 Å². The molecule has 0 spiro atoms. The predicted molar refractivity (Wildman–Crippen MR) is 136 cm³/mol. The van der Waals surface area contributed by atoms with Gasteiger partial charge < -0.3 is 0 Å². The van der Waals surface area contributed by atoms with Gasteiger partial charge in [0.15, 0.2) is 0 Å². The molecule has 0 nitrogen and oxygen atoms in total. The Morgan fingerprint density at radius 3 is 1.13 bits per heavy atom. The zero-order chi connectivity index (χ0) is 21.1. The lowest BCUT2D eigenvalue weighted by Gasteiger charge is -2.38. The number of hydrogen-bond donors (Lipinski definition) is 0. The topological polar surface area (TPSA) is 0 Å². The van der Waals surface area contributed by atoms with Gasteiger partial charge in [-0.3, -0.25) is 0 Å². The third kappa shape index (κ3) is 12.1. The minimum Gasteiger partial charge on any atom is -0.0654 e. The van der Waals surface area contributed by atoms with Crippen LogP contribution in [0.3, 0.4) is 0 Å². The van der Waals surface area contributed by atoms with Gasteiger partial charge in [-0.15, -0.1) is 0 Å². The quantitative estimate of drug-likeness (QED) is 0.194. The van der Waals surface area contributed by atoms with Gasteiger partial charge in [-0.2, -0.15) is 0 Å². The average Bonchev–Trinajstić information content (AvgIpc) is 2.80. The Labute approximate surface area is 191 Å². The molecule has 0 N–H and O–H groups in total. The predicted octanol–water partition coefficient (Wildman–Crippen LogP) is 11.0. The Morgan fingerprint density at radius 2 is 0.767 bits per heavy atom. The van der Waals surface area contributed by atoms with Crippen molar-refractivity contribution in [3.8, 4) is 0 Å². The van der Waals surface area contributed by atoms with Crippen molar-refractivity contribution in [2.75, 3.05) is 0 Å². The molecule has 0 heterocycles. The fourth-order valence-corrected chi connectivity index (χ4v) is 6.73. The van der Waals surface area contributed by atoms with Crippen LogP contribution in [0.25, 0.3) is 0 Å². The maximum atomic E-state index is 2.31. The molecule has 2 rings (SSSR count). The average molecular weight is 419 g/mol. The first-order chi connectivity index (χ1) is 14.9. The summed E-state index contributed by atoms with van der Waals surface area (Å²) in [4.78, 5) is 0. The van der Waals surface area contributed by atoms with Crippen molar-refractivity contribution in [3.63, 3.8) is 0 Å². The van der Waals surface area contributed by atoms with Gasteiger partial charge >= 0.3 is 0 Å². The highest BCUT2D eigenvalue weighted by molar-refractivity contribution is 4.81. The Balaban J connectivity index is 1.42. The van der Waals surface area contributed by atoms with E-state index in [9.17, 15) is 0 Å².